The van der Waals surface area contributed by atoms with Crippen molar-refractivity contribution in [3.05, 3.63) is 52.5 Å². The number of oxazole rings is 1. The van der Waals surface area contributed by atoms with Crippen molar-refractivity contribution in [3.8, 4) is 5.75 Å². The number of ether oxygens (including phenoxy) is 1. The molecule has 0 spiro atoms. The Morgan fingerprint density at radius 1 is 1.18 bits per heavy atom. The van der Waals surface area contributed by atoms with Gasteiger partial charge in [-0.1, -0.05) is 0 Å². The van der Waals surface area contributed by atoms with Crippen LogP contribution in [-0.2, 0) is 20.8 Å². The zero-order valence-electron chi connectivity index (χ0n) is 18.4. The van der Waals surface area contributed by atoms with Crippen molar-refractivity contribution < 1.29 is 23.5 Å². The summed E-state index contributed by atoms with van der Waals surface area (Å²) in [6.45, 7) is -0.254. The van der Waals surface area contributed by atoms with Crippen LogP contribution in [0.4, 0.5) is 11.4 Å². The molecule has 1 aromatic heterocycles. The minimum absolute atomic E-state index is 0.0203. The lowest BCUT2D eigenvalue weighted by Gasteiger charge is -2.19. The molecule has 0 aliphatic carbocycles. The molecule has 0 fully saturated rings. The van der Waals surface area contributed by atoms with E-state index in [4.69, 9.17) is 9.15 Å². The van der Waals surface area contributed by atoms with Crippen molar-refractivity contribution in [2.75, 3.05) is 29.2 Å². The van der Waals surface area contributed by atoms with Gasteiger partial charge in [0.25, 0.3) is 5.91 Å². The maximum atomic E-state index is 12.9. The Labute approximate surface area is 198 Å². The summed E-state index contributed by atoms with van der Waals surface area (Å²) in [6.07, 6.45) is 3.37. The highest BCUT2D eigenvalue weighted by atomic mass is 32.2. The third kappa shape index (κ3) is 5.79. The van der Waals surface area contributed by atoms with Crippen LogP contribution in [0.25, 0.3) is 11.1 Å². The van der Waals surface area contributed by atoms with Gasteiger partial charge in [0.05, 0.1) is 5.52 Å². The standard InChI is InChI=1S/C23H24N4O6S/c1-34-9-8-17(22(30)24-14-3-6-19-18(11-14)27-23(31)33-19)26-21(29)12-32-15-4-5-16-13(10-15)2-7-20(28)25-16/h3-6,10-11,17H,2,7-9,12H2,1H3,(H,24,30)(H,25,28)(H,26,29)(H,27,31). The van der Waals surface area contributed by atoms with Gasteiger partial charge < -0.3 is 25.1 Å². The van der Waals surface area contributed by atoms with Crippen molar-refractivity contribution >= 4 is 52.0 Å². The Morgan fingerprint density at radius 3 is 2.85 bits per heavy atom. The highest BCUT2D eigenvalue weighted by molar-refractivity contribution is 7.98. The van der Waals surface area contributed by atoms with Gasteiger partial charge in [-0.3, -0.25) is 19.4 Å². The molecule has 4 rings (SSSR count). The van der Waals surface area contributed by atoms with Crippen LogP contribution in [0.1, 0.15) is 18.4 Å². The van der Waals surface area contributed by atoms with Gasteiger partial charge >= 0.3 is 5.76 Å². The summed E-state index contributed by atoms with van der Waals surface area (Å²) < 4.78 is 10.6. The number of anilines is 2. The minimum atomic E-state index is -0.763. The normalized spacial score (nSPS) is 13.6. The SMILES string of the molecule is CSCCC(NC(=O)COc1ccc2c(c1)CCC(=O)N2)C(=O)Nc1ccc2oc(=O)[nH]c2c1. The Bertz CT molecular complexity index is 1280. The number of nitrogens with one attached hydrogen (secondary N) is 4. The number of thioether (sulfide) groups is 1. The maximum Gasteiger partial charge on any atom is 0.417 e. The second-order valence-electron chi connectivity index (χ2n) is 7.77. The Kier molecular flexibility index (Phi) is 7.21. The van der Waals surface area contributed by atoms with E-state index in [2.05, 4.69) is 20.9 Å². The van der Waals surface area contributed by atoms with Gasteiger partial charge in [-0.2, -0.15) is 11.8 Å². The molecule has 11 heteroatoms. The summed E-state index contributed by atoms with van der Waals surface area (Å²) in [5, 5.41) is 8.29. The molecule has 4 N–H and O–H groups in total. The summed E-state index contributed by atoms with van der Waals surface area (Å²) >= 11 is 1.56. The Hall–Kier alpha value is -3.73. The van der Waals surface area contributed by atoms with Gasteiger partial charge in [-0.15, -0.1) is 0 Å². The number of carbonyl (C=O) groups is 3. The van der Waals surface area contributed by atoms with Crippen LogP contribution in [-0.4, -0.2) is 47.4 Å². The molecule has 3 amide bonds. The average Bonchev–Trinajstić information content (AvgIpc) is 3.19. The number of benzene rings is 2. The number of H-pyrrole nitrogens is 1. The first-order valence-corrected chi connectivity index (χ1v) is 12.1. The Morgan fingerprint density at radius 2 is 2.03 bits per heavy atom. The summed E-state index contributed by atoms with van der Waals surface area (Å²) in [7, 11) is 0. The lowest BCUT2D eigenvalue weighted by molar-refractivity contribution is -0.127. The first-order chi connectivity index (χ1) is 16.4. The molecule has 0 saturated heterocycles. The molecule has 0 saturated carbocycles. The summed E-state index contributed by atoms with van der Waals surface area (Å²) in [5.41, 5.74) is 3.02. The molecule has 10 nitrogen and oxygen atoms in total. The highest BCUT2D eigenvalue weighted by Gasteiger charge is 2.21. The minimum Gasteiger partial charge on any atom is -0.484 e. The number of fused-ring (bicyclic) bond motifs is 2. The van der Waals surface area contributed by atoms with Gasteiger partial charge in [-0.05, 0) is 66.8 Å². The number of amides is 3. The van der Waals surface area contributed by atoms with Crippen LogP contribution >= 0.6 is 11.8 Å². The lowest BCUT2D eigenvalue weighted by Crippen LogP contribution is -2.45. The molecular weight excluding hydrogens is 460 g/mol. The van der Waals surface area contributed by atoms with E-state index in [0.29, 0.717) is 47.6 Å². The number of rotatable bonds is 9. The van der Waals surface area contributed by atoms with Crippen LogP contribution in [0, 0.1) is 0 Å². The number of hydrogen-bond acceptors (Lipinski definition) is 7. The fourth-order valence-corrected chi connectivity index (χ4v) is 4.07. The van der Waals surface area contributed by atoms with E-state index < -0.39 is 17.7 Å². The molecule has 2 aromatic carbocycles. The molecule has 0 bridgehead atoms. The summed E-state index contributed by atoms with van der Waals surface area (Å²) in [5.74, 6) is -0.221. The number of hydrogen-bond donors (Lipinski definition) is 4. The van der Waals surface area contributed by atoms with Crippen molar-refractivity contribution in [3.63, 3.8) is 0 Å². The van der Waals surface area contributed by atoms with E-state index in [1.165, 1.54) is 0 Å². The summed E-state index contributed by atoms with van der Waals surface area (Å²) in [4.78, 5) is 50.7. The van der Waals surface area contributed by atoms with Crippen molar-refractivity contribution in [1.29, 1.82) is 0 Å². The van der Waals surface area contributed by atoms with Crippen molar-refractivity contribution in [2.45, 2.75) is 25.3 Å². The van der Waals surface area contributed by atoms with E-state index >= 15 is 0 Å². The highest BCUT2D eigenvalue weighted by Crippen LogP contribution is 2.26. The lowest BCUT2D eigenvalue weighted by atomic mass is 10.0. The topological polar surface area (TPSA) is 143 Å². The zero-order chi connectivity index (χ0) is 24.1. The van der Waals surface area contributed by atoms with E-state index in [-0.39, 0.29) is 18.4 Å². The number of aryl methyl sites for hydroxylation is 1. The predicted octanol–water partition coefficient (Wildman–Crippen LogP) is 2.26. The number of aromatic nitrogens is 1. The molecular formula is C23H24N4O6S. The van der Waals surface area contributed by atoms with Crippen molar-refractivity contribution in [2.24, 2.45) is 0 Å². The second-order valence-corrected chi connectivity index (χ2v) is 8.76. The van der Waals surface area contributed by atoms with E-state index in [9.17, 15) is 19.2 Å². The van der Waals surface area contributed by atoms with E-state index in [1.807, 2.05) is 6.26 Å². The molecule has 1 aliphatic heterocycles. The largest absolute Gasteiger partial charge is 0.484 e. The van der Waals surface area contributed by atoms with Gasteiger partial charge in [0.15, 0.2) is 12.2 Å². The van der Waals surface area contributed by atoms with Gasteiger partial charge in [0, 0.05) is 17.8 Å². The fourth-order valence-electron chi connectivity index (χ4n) is 3.60. The second kappa shape index (κ2) is 10.5. The number of aromatic amines is 1. The van der Waals surface area contributed by atoms with Crippen molar-refractivity contribution in [1.82, 2.24) is 10.3 Å². The van der Waals surface area contributed by atoms with Gasteiger partial charge in [-0.25, -0.2) is 4.79 Å². The molecule has 1 atom stereocenters. The molecule has 1 aliphatic rings. The molecule has 2 heterocycles. The van der Waals surface area contributed by atoms with Gasteiger partial charge in [0.1, 0.15) is 11.8 Å². The average molecular weight is 485 g/mol. The molecule has 178 valence electrons. The fraction of sp³-hybridized carbons (Fsp3) is 0.304. The first kappa shape index (κ1) is 23.4. The summed E-state index contributed by atoms with van der Waals surface area (Å²) in [6, 6.07) is 9.26. The van der Waals surface area contributed by atoms with E-state index in [1.54, 1.807) is 48.2 Å². The van der Waals surface area contributed by atoms with Crippen LogP contribution in [0.2, 0.25) is 0 Å². The molecule has 0 radical (unpaired) electrons. The quantitative estimate of drug-likeness (QED) is 0.365. The third-order valence-electron chi connectivity index (χ3n) is 5.29. The van der Waals surface area contributed by atoms with Crippen LogP contribution in [0.5, 0.6) is 5.75 Å². The predicted molar refractivity (Wildman–Crippen MR) is 129 cm³/mol. The third-order valence-corrected chi connectivity index (χ3v) is 5.93. The monoisotopic (exact) mass is 484 g/mol. The molecule has 1 unspecified atom stereocenters. The van der Waals surface area contributed by atoms with E-state index in [0.717, 1.165) is 11.3 Å². The molecule has 3 aromatic rings. The van der Waals surface area contributed by atoms with Crippen LogP contribution in [0.15, 0.2) is 45.6 Å². The van der Waals surface area contributed by atoms with Gasteiger partial charge in [0.2, 0.25) is 11.8 Å². The first-order valence-electron chi connectivity index (χ1n) is 10.7. The van der Waals surface area contributed by atoms with Crippen LogP contribution in [0.3, 0.4) is 0 Å². The van der Waals surface area contributed by atoms with Crippen LogP contribution < -0.4 is 26.4 Å². The smallest absolute Gasteiger partial charge is 0.417 e. The maximum absolute atomic E-state index is 12.9. The molecule has 34 heavy (non-hydrogen) atoms. The zero-order valence-corrected chi connectivity index (χ0v) is 19.3. The Balaban J connectivity index is 1.35. The number of carbonyl (C=O) groups excluding carboxylic acids is 3.